The molecule has 0 unspecified atom stereocenters. The van der Waals surface area contributed by atoms with Crippen molar-refractivity contribution < 1.29 is 18.0 Å². The quantitative estimate of drug-likeness (QED) is 0.520. The fourth-order valence-electron chi connectivity index (χ4n) is 3.05. The Bertz CT molecular complexity index is 1080. The molecule has 1 atom stereocenters. The number of sulfonamides is 1. The molecule has 0 bridgehead atoms. The molecule has 10 heteroatoms. The summed E-state index contributed by atoms with van der Waals surface area (Å²) < 4.78 is 26.6. The van der Waals surface area contributed by atoms with Gasteiger partial charge in [-0.05, 0) is 60.5 Å². The molecule has 0 aliphatic carbocycles. The normalized spacial score (nSPS) is 12.3. The first-order valence-electron chi connectivity index (χ1n) is 9.97. The minimum Gasteiger partial charge on any atom is -0.352 e. The zero-order valence-electron chi connectivity index (χ0n) is 18.4. The van der Waals surface area contributed by atoms with Crippen LogP contribution in [0.4, 0.5) is 5.69 Å². The minimum atomic E-state index is -3.79. The van der Waals surface area contributed by atoms with E-state index in [1.165, 1.54) is 4.90 Å². The molecule has 2 amide bonds. The first-order valence-corrected chi connectivity index (χ1v) is 13.0. The number of hydrogen-bond donors (Lipinski definition) is 1. The summed E-state index contributed by atoms with van der Waals surface area (Å²) in [6, 6.07) is 12.8. The van der Waals surface area contributed by atoms with Crippen molar-refractivity contribution in [3.8, 4) is 0 Å². The summed E-state index contributed by atoms with van der Waals surface area (Å²) in [5, 5.41) is 3.25. The van der Waals surface area contributed by atoms with Crippen LogP contribution in [0.3, 0.4) is 0 Å². The third-order valence-corrected chi connectivity index (χ3v) is 6.86. The number of hydrogen-bond acceptors (Lipinski definition) is 4. The molecule has 0 spiro atoms. The molecular weight excluding hydrogens is 518 g/mol. The molecule has 0 saturated carbocycles. The lowest BCUT2D eigenvalue weighted by Crippen LogP contribution is -2.52. The van der Waals surface area contributed by atoms with Crippen LogP contribution >= 0.6 is 27.5 Å². The third kappa shape index (κ3) is 6.95. The minimum absolute atomic E-state index is 0.0543. The second-order valence-electron chi connectivity index (χ2n) is 7.67. The fraction of sp³-hybridized carbons (Fsp3) is 0.364. The van der Waals surface area contributed by atoms with E-state index in [0.29, 0.717) is 20.7 Å². The maximum Gasteiger partial charge on any atom is 0.244 e. The molecule has 1 N–H and O–H groups in total. The highest BCUT2D eigenvalue weighted by Gasteiger charge is 2.31. The molecule has 0 heterocycles. The fourth-order valence-corrected chi connectivity index (χ4v) is 4.72. The molecular formula is C22H27BrClN3O4S. The van der Waals surface area contributed by atoms with Crippen LogP contribution in [0.5, 0.6) is 0 Å². The Labute approximate surface area is 202 Å². The lowest BCUT2D eigenvalue weighted by molar-refractivity contribution is -0.139. The predicted octanol–water partition coefficient (Wildman–Crippen LogP) is 3.81. The summed E-state index contributed by atoms with van der Waals surface area (Å²) in [5.41, 5.74) is 0.985. The van der Waals surface area contributed by atoms with Crippen LogP contribution < -0.4 is 9.62 Å². The van der Waals surface area contributed by atoms with Crippen LogP contribution in [0, 0.1) is 0 Å². The highest BCUT2D eigenvalue weighted by atomic mass is 79.9. The standard InChI is InChI=1S/C22H27BrClN3O4S/c1-15(2)25-22(29)16(3)26(13-17-9-5-7-11-19(17)24)21(28)14-27(32(4,30)31)20-12-8-6-10-18(20)23/h5-12,15-16H,13-14H2,1-4H3,(H,25,29)/t16-/m0/s1. The first kappa shape index (κ1) is 26.2. The third-order valence-electron chi connectivity index (χ3n) is 4.70. The molecule has 0 aliphatic heterocycles. The number of nitrogens with zero attached hydrogens (tertiary/aromatic N) is 2. The Balaban J connectivity index is 2.42. The summed E-state index contributed by atoms with van der Waals surface area (Å²) in [6.07, 6.45) is 1.03. The molecule has 0 aliphatic rings. The Morgan fingerprint density at radius 2 is 1.66 bits per heavy atom. The summed E-state index contributed by atoms with van der Waals surface area (Å²) >= 11 is 9.63. The summed E-state index contributed by atoms with van der Waals surface area (Å²) in [4.78, 5) is 27.5. The van der Waals surface area contributed by atoms with Gasteiger partial charge >= 0.3 is 0 Å². The smallest absolute Gasteiger partial charge is 0.244 e. The van der Waals surface area contributed by atoms with Gasteiger partial charge in [-0.15, -0.1) is 0 Å². The predicted molar refractivity (Wildman–Crippen MR) is 131 cm³/mol. The van der Waals surface area contributed by atoms with E-state index < -0.39 is 28.5 Å². The second kappa shape index (κ2) is 11.2. The highest BCUT2D eigenvalue weighted by Crippen LogP contribution is 2.28. The van der Waals surface area contributed by atoms with Gasteiger partial charge in [-0.25, -0.2) is 8.42 Å². The summed E-state index contributed by atoms with van der Waals surface area (Å²) in [7, 11) is -3.79. The van der Waals surface area contributed by atoms with Crippen LogP contribution in [0.15, 0.2) is 53.0 Å². The number of halogens is 2. The number of para-hydroxylation sites is 1. The van der Waals surface area contributed by atoms with E-state index in [1.54, 1.807) is 55.5 Å². The monoisotopic (exact) mass is 543 g/mol. The molecule has 0 fully saturated rings. The molecule has 2 aromatic rings. The molecule has 2 aromatic carbocycles. The molecule has 0 aromatic heterocycles. The van der Waals surface area contributed by atoms with Crippen molar-refractivity contribution >= 4 is 55.1 Å². The molecule has 7 nitrogen and oxygen atoms in total. The van der Waals surface area contributed by atoms with Gasteiger partial charge in [0.05, 0.1) is 11.9 Å². The zero-order chi connectivity index (χ0) is 24.1. The van der Waals surface area contributed by atoms with Gasteiger partial charge in [0.2, 0.25) is 21.8 Å². The van der Waals surface area contributed by atoms with Gasteiger partial charge in [0, 0.05) is 22.1 Å². The average Bonchev–Trinajstić information content (AvgIpc) is 2.70. The van der Waals surface area contributed by atoms with Gasteiger partial charge < -0.3 is 10.2 Å². The SMILES string of the molecule is CC(C)NC(=O)[C@H](C)N(Cc1ccccc1Cl)C(=O)CN(c1ccccc1Br)S(C)(=O)=O. The number of carbonyl (C=O) groups is 2. The molecule has 0 radical (unpaired) electrons. The highest BCUT2D eigenvalue weighted by molar-refractivity contribution is 9.10. The van der Waals surface area contributed by atoms with Gasteiger partial charge in [-0.1, -0.05) is 41.9 Å². The van der Waals surface area contributed by atoms with Gasteiger partial charge in [0.1, 0.15) is 12.6 Å². The average molecular weight is 545 g/mol. The van der Waals surface area contributed by atoms with E-state index in [4.69, 9.17) is 11.6 Å². The van der Waals surface area contributed by atoms with Crippen molar-refractivity contribution in [2.75, 3.05) is 17.1 Å². The largest absolute Gasteiger partial charge is 0.352 e. The zero-order valence-corrected chi connectivity index (χ0v) is 21.5. The van der Waals surface area contributed by atoms with Crippen LogP contribution in [-0.4, -0.2) is 50.0 Å². The number of rotatable bonds is 9. The summed E-state index contributed by atoms with van der Waals surface area (Å²) in [5.74, 6) is -0.871. The number of anilines is 1. The van der Waals surface area contributed by atoms with E-state index in [9.17, 15) is 18.0 Å². The first-order chi connectivity index (χ1) is 14.9. The number of benzene rings is 2. The van der Waals surface area contributed by atoms with Crippen molar-refractivity contribution in [2.45, 2.75) is 39.4 Å². The van der Waals surface area contributed by atoms with Crippen molar-refractivity contribution in [1.82, 2.24) is 10.2 Å². The lowest BCUT2D eigenvalue weighted by Gasteiger charge is -2.32. The van der Waals surface area contributed by atoms with E-state index in [2.05, 4.69) is 21.2 Å². The molecule has 174 valence electrons. The van der Waals surface area contributed by atoms with Crippen molar-refractivity contribution in [1.29, 1.82) is 0 Å². The summed E-state index contributed by atoms with van der Waals surface area (Å²) in [6.45, 7) is 4.84. The maximum atomic E-state index is 13.4. The van der Waals surface area contributed by atoms with Crippen LogP contribution in [0.2, 0.25) is 5.02 Å². The van der Waals surface area contributed by atoms with E-state index in [0.717, 1.165) is 10.6 Å². The molecule has 32 heavy (non-hydrogen) atoms. The van der Waals surface area contributed by atoms with Gasteiger partial charge in [-0.2, -0.15) is 0 Å². The van der Waals surface area contributed by atoms with Crippen LogP contribution in [0.1, 0.15) is 26.3 Å². The second-order valence-corrected chi connectivity index (χ2v) is 10.8. The Hall–Kier alpha value is -2.10. The number of carbonyl (C=O) groups excluding carboxylic acids is 2. The van der Waals surface area contributed by atoms with E-state index >= 15 is 0 Å². The van der Waals surface area contributed by atoms with Crippen molar-refractivity contribution in [3.63, 3.8) is 0 Å². The van der Waals surface area contributed by atoms with Crippen molar-refractivity contribution in [3.05, 3.63) is 63.6 Å². The van der Waals surface area contributed by atoms with Gasteiger partial charge in [0.15, 0.2) is 0 Å². The number of nitrogens with one attached hydrogen (secondary N) is 1. The maximum absolute atomic E-state index is 13.4. The molecule has 2 rings (SSSR count). The lowest BCUT2D eigenvalue weighted by atomic mass is 10.1. The van der Waals surface area contributed by atoms with E-state index in [-0.39, 0.29) is 18.5 Å². The Kier molecular flexibility index (Phi) is 9.12. The van der Waals surface area contributed by atoms with Crippen LogP contribution in [0.25, 0.3) is 0 Å². The van der Waals surface area contributed by atoms with Crippen molar-refractivity contribution in [2.24, 2.45) is 0 Å². The van der Waals surface area contributed by atoms with Crippen LogP contribution in [-0.2, 0) is 26.2 Å². The topological polar surface area (TPSA) is 86.8 Å². The Morgan fingerprint density at radius 3 is 2.22 bits per heavy atom. The van der Waals surface area contributed by atoms with Gasteiger partial charge in [-0.3, -0.25) is 13.9 Å². The number of amides is 2. The Morgan fingerprint density at radius 1 is 1.06 bits per heavy atom. The molecule has 0 saturated heterocycles. The van der Waals surface area contributed by atoms with E-state index in [1.807, 2.05) is 13.8 Å². The van der Waals surface area contributed by atoms with Gasteiger partial charge in [0.25, 0.3) is 0 Å².